The van der Waals surface area contributed by atoms with Crippen molar-refractivity contribution in [2.24, 2.45) is 10.7 Å². The van der Waals surface area contributed by atoms with Crippen molar-refractivity contribution in [1.82, 2.24) is 25.3 Å². The Morgan fingerprint density at radius 3 is 2.24 bits per heavy atom. The molecule has 2 aromatic heterocycles. The third kappa shape index (κ3) is 4.19. The Labute approximate surface area is 197 Å². The predicted molar refractivity (Wildman–Crippen MR) is 130 cm³/mol. The standard InChI is InChI=1S/C24H27N9O/c25-22(32-21(34)19-14-29-20(15-28-19)33-10-8-27-9-11-33)24(6-1-7-24)18-4-2-16(3-5-18)17-12-30-23(26)31-13-17/h2-5,12-15,27H,1,6-11H2,(H2,25,32,34)(H2,26,30,31). The fraction of sp³-hybridized carbons (Fsp3) is 0.333. The largest absolute Gasteiger partial charge is 0.386 e. The van der Waals surface area contributed by atoms with Crippen molar-refractivity contribution in [3.8, 4) is 11.1 Å². The fourth-order valence-corrected chi connectivity index (χ4v) is 4.45. The Morgan fingerprint density at radius 1 is 0.941 bits per heavy atom. The number of anilines is 2. The van der Waals surface area contributed by atoms with Crippen LogP contribution in [0.3, 0.4) is 0 Å². The number of carbonyl (C=O) groups excluding carboxylic acids is 1. The van der Waals surface area contributed by atoms with Gasteiger partial charge in [0.2, 0.25) is 5.95 Å². The van der Waals surface area contributed by atoms with Gasteiger partial charge in [0.05, 0.1) is 17.8 Å². The minimum atomic E-state index is -0.473. The van der Waals surface area contributed by atoms with E-state index in [0.29, 0.717) is 5.84 Å². The molecule has 3 aromatic rings. The first-order valence-electron chi connectivity index (χ1n) is 11.4. The number of aliphatic imine (C=N–C) groups is 1. The summed E-state index contributed by atoms with van der Waals surface area (Å²) in [5.74, 6) is 0.849. The summed E-state index contributed by atoms with van der Waals surface area (Å²) in [6.45, 7) is 3.53. The van der Waals surface area contributed by atoms with Gasteiger partial charge in [0, 0.05) is 44.1 Å². The van der Waals surface area contributed by atoms with Gasteiger partial charge in [-0.25, -0.2) is 19.9 Å². The minimum absolute atomic E-state index is 0.190. The van der Waals surface area contributed by atoms with Crippen molar-refractivity contribution in [2.45, 2.75) is 24.7 Å². The SMILES string of the molecule is NC(=NC(=O)c1cnc(N2CCNCC2)cn1)C1(c2ccc(-c3cnc(N)nc3)cc2)CCC1. The summed E-state index contributed by atoms with van der Waals surface area (Å²) in [5.41, 5.74) is 14.6. The van der Waals surface area contributed by atoms with Gasteiger partial charge in [-0.2, -0.15) is 4.99 Å². The van der Waals surface area contributed by atoms with Gasteiger partial charge in [-0.15, -0.1) is 0 Å². The van der Waals surface area contributed by atoms with Crippen LogP contribution in [0.2, 0.25) is 0 Å². The summed E-state index contributed by atoms with van der Waals surface area (Å²) in [6, 6.07) is 8.05. The molecular weight excluding hydrogens is 430 g/mol. The van der Waals surface area contributed by atoms with Gasteiger partial charge in [-0.3, -0.25) is 4.79 Å². The smallest absolute Gasteiger partial charge is 0.298 e. The second kappa shape index (κ2) is 9.14. The number of amidine groups is 1. The average molecular weight is 458 g/mol. The number of nitrogens with zero attached hydrogens (tertiary/aromatic N) is 6. The molecule has 5 N–H and O–H groups in total. The summed E-state index contributed by atoms with van der Waals surface area (Å²) in [7, 11) is 0. The minimum Gasteiger partial charge on any atom is -0.386 e. The Bertz CT molecular complexity index is 1180. The lowest BCUT2D eigenvalue weighted by atomic mass is 9.63. The molecule has 1 amide bonds. The van der Waals surface area contributed by atoms with Crippen LogP contribution in [0.25, 0.3) is 11.1 Å². The van der Waals surface area contributed by atoms with Gasteiger partial charge in [0.1, 0.15) is 17.3 Å². The lowest BCUT2D eigenvalue weighted by molar-refractivity contribution is 0.0996. The van der Waals surface area contributed by atoms with Crippen molar-refractivity contribution < 1.29 is 4.79 Å². The number of nitrogens with two attached hydrogens (primary N) is 2. The number of nitrogen functional groups attached to an aromatic ring is 1. The fourth-order valence-electron chi connectivity index (χ4n) is 4.45. The second-order valence-electron chi connectivity index (χ2n) is 8.64. The van der Waals surface area contributed by atoms with E-state index in [4.69, 9.17) is 11.5 Å². The van der Waals surface area contributed by atoms with Crippen molar-refractivity contribution in [1.29, 1.82) is 0 Å². The van der Waals surface area contributed by atoms with E-state index in [1.54, 1.807) is 18.6 Å². The average Bonchev–Trinajstić information content (AvgIpc) is 2.85. The van der Waals surface area contributed by atoms with E-state index in [1.165, 1.54) is 6.20 Å². The summed E-state index contributed by atoms with van der Waals surface area (Å²) in [6.07, 6.45) is 9.20. The number of rotatable bonds is 5. The Hall–Kier alpha value is -3.92. The highest BCUT2D eigenvalue weighted by Crippen LogP contribution is 2.44. The van der Waals surface area contributed by atoms with Crippen LogP contribution in [-0.4, -0.2) is 57.9 Å². The van der Waals surface area contributed by atoms with Gasteiger partial charge >= 0.3 is 0 Å². The highest BCUT2D eigenvalue weighted by Gasteiger charge is 2.43. The lowest BCUT2D eigenvalue weighted by Crippen LogP contribution is -2.47. The Kier molecular flexibility index (Phi) is 5.89. The number of aromatic nitrogens is 4. The molecule has 1 saturated carbocycles. The topological polar surface area (TPSA) is 148 Å². The summed E-state index contributed by atoms with van der Waals surface area (Å²) >= 11 is 0. The number of hydrogen-bond acceptors (Lipinski definition) is 8. The van der Waals surface area contributed by atoms with E-state index < -0.39 is 11.3 Å². The molecule has 1 aliphatic carbocycles. The normalized spacial score (nSPS) is 17.8. The molecule has 0 unspecified atom stereocenters. The molecule has 3 heterocycles. The first-order valence-corrected chi connectivity index (χ1v) is 11.4. The van der Waals surface area contributed by atoms with Crippen LogP contribution in [0.5, 0.6) is 0 Å². The zero-order valence-electron chi connectivity index (χ0n) is 18.8. The molecule has 0 atom stereocenters. The highest BCUT2D eigenvalue weighted by atomic mass is 16.1. The van der Waals surface area contributed by atoms with Crippen LogP contribution in [0.4, 0.5) is 11.8 Å². The number of carbonyl (C=O) groups is 1. The second-order valence-corrected chi connectivity index (χ2v) is 8.64. The highest BCUT2D eigenvalue weighted by molar-refractivity contribution is 6.05. The molecule has 0 bridgehead atoms. The van der Waals surface area contributed by atoms with Gasteiger partial charge in [0.15, 0.2) is 0 Å². The molecule has 34 heavy (non-hydrogen) atoms. The molecule has 10 heteroatoms. The van der Waals surface area contributed by atoms with Crippen LogP contribution in [-0.2, 0) is 5.41 Å². The molecule has 1 aliphatic heterocycles. The number of nitrogens with one attached hydrogen (secondary N) is 1. The van der Waals surface area contributed by atoms with E-state index in [-0.39, 0.29) is 11.6 Å². The van der Waals surface area contributed by atoms with Crippen molar-refractivity contribution in [2.75, 3.05) is 36.8 Å². The maximum Gasteiger partial charge on any atom is 0.298 e. The number of benzene rings is 1. The zero-order chi connectivity index (χ0) is 23.5. The summed E-state index contributed by atoms with van der Waals surface area (Å²) < 4.78 is 0. The molecule has 1 saturated heterocycles. The van der Waals surface area contributed by atoms with E-state index in [0.717, 1.165) is 67.9 Å². The van der Waals surface area contributed by atoms with Crippen LogP contribution in [0.1, 0.15) is 35.3 Å². The summed E-state index contributed by atoms with van der Waals surface area (Å²) in [4.78, 5) is 36.0. The van der Waals surface area contributed by atoms with Gasteiger partial charge < -0.3 is 21.7 Å². The van der Waals surface area contributed by atoms with Crippen molar-refractivity contribution in [3.05, 3.63) is 60.3 Å². The van der Waals surface area contributed by atoms with Crippen LogP contribution < -0.4 is 21.7 Å². The molecular formula is C24H27N9O. The molecule has 0 spiro atoms. The van der Waals surface area contributed by atoms with Gasteiger partial charge in [0.25, 0.3) is 5.91 Å². The molecule has 2 fully saturated rings. The predicted octanol–water partition coefficient (Wildman–Crippen LogP) is 1.54. The molecule has 5 rings (SSSR count). The van der Waals surface area contributed by atoms with E-state index >= 15 is 0 Å². The lowest BCUT2D eigenvalue weighted by Gasteiger charge is -2.41. The number of amides is 1. The maximum atomic E-state index is 12.8. The Balaban J connectivity index is 1.33. The Morgan fingerprint density at radius 2 is 1.65 bits per heavy atom. The molecule has 10 nitrogen and oxygen atoms in total. The third-order valence-corrected chi connectivity index (χ3v) is 6.66. The van der Waals surface area contributed by atoms with Crippen LogP contribution >= 0.6 is 0 Å². The van der Waals surface area contributed by atoms with Crippen molar-refractivity contribution in [3.63, 3.8) is 0 Å². The summed E-state index contributed by atoms with van der Waals surface area (Å²) in [5, 5.41) is 3.30. The molecule has 1 aromatic carbocycles. The number of piperazine rings is 1. The maximum absolute atomic E-state index is 12.8. The first kappa shape index (κ1) is 21.9. The quantitative estimate of drug-likeness (QED) is 0.383. The third-order valence-electron chi connectivity index (χ3n) is 6.66. The van der Waals surface area contributed by atoms with Gasteiger partial charge in [-0.05, 0) is 24.0 Å². The molecule has 174 valence electrons. The van der Waals surface area contributed by atoms with E-state index in [9.17, 15) is 4.79 Å². The molecule has 0 radical (unpaired) electrons. The van der Waals surface area contributed by atoms with Gasteiger partial charge in [-0.1, -0.05) is 30.7 Å². The van der Waals surface area contributed by atoms with E-state index in [2.05, 4.69) is 35.1 Å². The van der Waals surface area contributed by atoms with E-state index in [1.807, 2.05) is 24.3 Å². The molecule has 2 aliphatic rings. The monoisotopic (exact) mass is 457 g/mol. The van der Waals surface area contributed by atoms with Crippen molar-refractivity contribution >= 4 is 23.5 Å². The first-order chi connectivity index (χ1) is 16.5. The zero-order valence-corrected chi connectivity index (χ0v) is 18.8. The van der Waals surface area contributed by atoms with Crippen LogP contribution in [0.15, 0.2) is 54.0 Å². The van der Waals surface area contributed by atoms with Crippen LogP contribution in [0, 0.1) is 0 Å². The number of hydrogen-bond donors (Lipinski definition) is 3.